The fourth-order valence-corrected chi connectivity index (χ4v) is 3.01. The lowest BCUT2D eigenvalue weighted by atomic mass is 10.0. The summed E-state index contributed by atoms with van der Waals surface area (Å²) in [6.45, 7) is 5.08. The van der Waals surface area contributed by atoms with Crippen LogP contribution in [0.15, 0.2) is 46.9 Å². The second-order valence-electron chi connectivity index (χ2n) is 6.03. The predicted molar refractivity (Wildman–Crippen MR) is 102 cm³/mol. The molecule has 0 unspecified atom stereocenters. The van der Waals surface area contributed by atoms with E-state index < -0.39 is 0 Å². The van der Waals surface area contributed by atoms with Gasteiger partial charge in [-0.2, -0.15) is 0 Å². The minimum absolute atomic E-state index is 0.609. The number of benzene rings is 2. The van der Waals surface area contributed by atoms with E-state index in [4.69, 9.17) is 4.74 Å². The molecule has 0 atom stereocenters. The normalized spacial score (nSPS) is 10.7. The van der Waals surface area contributed by atoms with Crippen molar-refractivity contribution in [1.29, 1.82) is 0 Å². The van der Waals surface area contributed by atoms with Gasteiger partial charge in [-0.3, -0.25) is 0 Å². The van der Waals surface area contributed by atoms with Crippen LogP contribution in [0.4, 0.5) is 0 Å². The second kappa shape index (κ2) is 9.77. The number of hydrogen-bond donors (Lipinski definition) is 0. The van der Waals surface area contributed by atoms with E-state index in [0.717, 1.165) is 23.1 Å². The molecule has 0 aliphatic heterocycles. The number of halogens is 1. The summed E-state index contributed by atoms with van der Waals surface area (Å²) in [7, 11) is 0. The van der Waals surface area contributed by atoms with Crippen molar-refractivity contribution in [3.8, 4) is 5.75 Å². The molecule has 0 aliphatic carbocycles. The Hall–Kier alpha value is -1.28. The summed E-state index contributed by atoms with van der Waals surface area (Å²) in [6, 6.07) is 15.0. The standard InChI is InChI=1S/C21H27BrO/c1-3-5-9-17-13-14-18(10-6-4-2)21(15-17)23-16-19-11-7-8-12-20(19)22/h7-8,11-15H,3-6,9-10,16H2,1-2H3. The number of hydrogen-bond acceptors (Lipinski definition) is 1. The van der Waals surface area contributed by atoms with Gasteiger partial charge in [0.1, 0.15) is 12.4 Å². The van der Waals surface area contributed by atoms with Gasteiger partial charge in [0.05, 0.1) is 0 Å². The van der Waals surface area contributed by atoms with E-state index in [1.807, 2.05) is 6.07 Å². The first-order valence-electron chi connectivity index (χ1n) is 8.72. The van der Waals surface area contributed by atoms with Crippen LogP contribution in [0.25, 0.3) is 0 Å². The Bertz CT molecular complexity index is 607. The highest BCUT2D eigenvalue weighted by atomic mass is 79.9. The summed E-state index contributed by atoms with van der Waals surface area (Å²) in [5, 5.41) is 0. The molecular formula is C21H27BrO. The largest absolute Gasteiger partial charge is 0.489 e. The molecule has 0 heterocycles. The van der Waals surface area contributed by atoms with Gasteiger partial charge in [-0.15, -0.1) is 0 Å². The molecule has 0 bridgehead atoms. The zero-order valence-electron chi connectivity index (χ0n) is 14.3. The summed E-state index contributed by atoms with van der Waals surface area (Å²) >= 11 is 3.60. The minimum atomic E-state index is 0.609. The average Bonchev–Trinajstić information content (AvgIpc) is 2.58. The van der Waals surface area contributed by atoms with Gasteiger partial charge in [-0.1, -0.05) is 73.0 Å². The maximum absolute atomic E-state index is 6.19. The number of aryl methyl sites for hydroxylation is 2. The summed E-state index contributed by atoms with van der Waals surface area (Å²) in [5.74, 6) is 1.06. The van der Waals surface area contributed by atoms with Crippen LogP contribution in [0.1, 0.15) is 56.2 Å². The lowest BCUT2D eigenvalue weighted by Gasteiger charge is -2.14. The molecule has 23 heavy (non-hydrogen) atoms. The Morgan fingerprint density at radius 3 is 2.35 bits per heavy atom. The van der Waals surface area contributed by atoms with Crippen LogP contribution in [0.2, 0.25) is 0 Å². The first-order valence-corrected chi connectivity index (χ1v) is 9.52. The Labute approximate surface area is 149 Å². The van der Waals surface area contributed by atoms with Crippen LogP contribution in [0.5, 0.6) is 5.75 Å². The third-order valence-corrected chi connectivity index (χ3v) is 4.86. The minimum Gasteiger partial charge on any atom is -0.489 e. The lowest BCUT2D eigenvalue weighted by molar-refractivity contribution is 0.301. The van der Waals surface area contributed by atoms with Gasteiger partial charge in [-0.05, 0) is 48.9 Å². The molecule has 0 fully saturated rings. The molecule has 0 saturated carbocycles. The van der Waals surface area contributed by atoms with Gasteiger partial charge in [0, 0.05) is 10.0 Å². The number of unbranched alkanes of at least 4 members (excludes halogenated alkanes) is 2. The van der Waals surface area contributed by atoms with Crippen LogP contribution in [-0.2, 0) is 19.4 Å². The van der Waals surface area contributed by atoms with E-state index in [1.165, 1.54) is 42.4 Å². The summed E-state index contributed by atoms with van der Waals surface area (Å²) < 4.78 is 7.30. The predicted octanol–water partition coefficient (Wildman–Crippen LogP) is 6.71. The molecule has 124 valence electrons. The average molecular weight is 375 g/mol. The molecule has 0 N–H and O–H groups in total. The van der Waals surface area contributed by atoms with Gasteiger partial charge in [-0.25, -0.2) is 0 Å². The van der Waals surface area contributed by atoms with Gasteiger partial charge in [0.2, 0.25) is 0 Å². The number of rotatable bonds is 9. The third kappa shape index (κ3) is 5.69. The van der Waals surface area contributed by atoms with E-state index in [2.05, 4.69) is 66.2 Å². The molecule has 0 aliphatic rings. The van der Waals surface area contributed by atoms with E-state index in [1.54, 1.807) is 0 Å². The van der Waals surface area contributed by atoms with Crippen LogP contribution >= 0.6 is 15.9 Å². The molecule has 0 radical (unpaired) electrons. The quantitative estimate of drug-likeness (QED) is 0.473. The first kappa shape index (κ1) is 18.1. The Morgan fingerprint density at radius 2 is 1.61 bits per heavy atom. The maximum Gasteiger partial charge on any atom is 0.123 e. The monoisotopic (exact) mass is 374 g/mol. The highest BCUT2D eigenvalue weighted by Crippen LogP contribution is 2.26. The fraction of sp³-hybridized carbons (Fsp3) is 0.429. The van der Waals surface area contributed by atoms with Crippen molar-refractivity contribution in [3.05, 3.63) is 63.6 Å². The van der Waals surface area contributed by atoms with Crippen molar-refractivity contribution in [2.24, 2.45) is 0 Å². The molecule has 0 amide bonds. The summed E-state index contributed by atoms with van der Waals surface area (Å²) in [5.41, 5.74) is 3.90. The molecule has 0 spiro atoms. The molecule has 0 saturated heterocycles. The Balaban J connectivity index is 2.13. The van der Waals surface area contributed by atoms with E-state index in [9.17, 15) is 0 Å². The SMILES string of the molecule is CCCCc1ccc(CCCC)c(OCc2ccccc2Br)c1. The van der Waals surface area contributed by atoms with Crippen molar-refractivity contribution in [3.63, 3.8) is 0 Å². The summed E-state index contributed by atoms with van der Waals surface area (Å²) in [4.78, 5) is 0. The zero-order valence-corrected chi connectivity index (χ0v) is 15.9. The van der Waals surface area contributed by atoms with Crippen molar-refractivity contribution >= 4 is 15.9 Å². The molecule has 1 nitrogen and oxygen atoms in total. The first-order chi connectivity index (χ1) is 11.2. The molecule has 0 aromatic heterocycles. The third-order valence-electron chi connectivity index (χ3n) is 4.09. The molecule has 2 rings (SSSR count). The van der Waals surface area contributed by atoms with Crippen molar-refractivity contribution in [1.82, 2.24) is 0 Å². The highest BCUT2D eigenvalue weighted by molar-refractivity contribution is 9.10. The van der Waals surface area contributed by atoms with Crippen molar-refractivity contribution in [2.75, 3.05) is 0 Å². The molecule has 2 heteroatoms. The second-order valence-corrected chi connectivity index (χ2v) is 6.88. The van der Waals surface area contributed by atoms with Crippen molar-refractivity contribution < 1.29 is 4.74 Å². The number of ether oxygens (including phenoxy) is 1. The van der Waals surface area contributed by atoms with E-state index >= 15 is 0 Å². The highest BCUT2D eigenvalue weighted by Gasteiger charge is 2.07. The smallest absolute Gasteiger partial charge is 0.123 e. The molecular weight excluding hydrogens is 348 g/mol. The van der Waals surface area contributed by atoms with Crippen LogP contribution in [0.3, 0.4) is 0 Å². The van der Waals surface area contributed by atoms with Crippen molar-refractivity contribution in [2.45, 2.75) is 59.0 Å². The van der Waals surface area contributed by atoms with Crippen LogP contribution in [-0.4, -0.2) is 0 Å². The zero-order chi connectivity index (χ0) is 16.5. The fourth-order valence-electron chi connectivity index (χ4n) is 2.61. The van der Waals surface area contributed by atoms with Crippen LogP contribution < -0.4 is 4.74 Å². The van der Waals surface area contributed by atoms with Gasteiger partial charge in [0.25, 0.3) is 0 Å². The summed E-state index contributed by atoms with van der Waals surface area (Å²) in [6.07, 6.45) is 7.11. The van der Waals surface area contributed by atoms with Crippen LogP contribution in [0, 0.1) is 0 Å². The molecule has 2 aromatic rings. The maximum atomic E-state index is 6.19. The van der Waals surface area contributed by atoms with Gasteiger partial charge < -0.3 is 4.74 Å². The van der Waals surface area contributed by atoms with E-state index in [-0.39, 0.29) is 0 Å². The van der Waals surface area contributed by atoms with E-state index in [0.29, 0.717) is 6.61 Å². The Kier molecular flexibility index (Phi) is 7.67. The molecule has 2 aromatic carbocycles. The van der Waals surface area contributed by atoms with Gasteiger partial charge >= 0.3 is 0 Å². The van der Waals surface area contributed by atoms with Gasteiger partial charge in [0.15, 0.2) is 0 Å². The lowest BCUT2D eigenvalue weighted by Crippen LogP contribution is -2.01. The Morgan fingerprint density at radius 1 is 0.870 bits per heavy atom. The topological polar surface area (TPSA) is 9.23 Å².